The zero-order chi connectivity index (χ0) is 13.0. The van der Waals surface area contributed by atoms with Gasteiger partial charge in [0, 0.05) is 18.4 Å². The molecule has 1 aromatic heterocycles. The highest BCUT2D eigenvalue weighted by atomic mass is 15.5. The minimum Gasteiger partial charge on any atom is -0.330 e. The average Bonchev–Trinajstić information content (AvgIpc) is 2.87. The molecule has 0 aliphatic heterocycles. The van der Waals surface area contributed by atoms with Gasteiger partial charge < -0.3 is 5.73 Å². The molecule has 2 N–H and O–H groups in total. The third kappa shape index (κ3) is 2.46. The number of benzene rings is 1. The lowest BCUT2D eigenvalue weighted by atomic mass is 9.87. The van der Waals surface area contributed by atoms with Crippen LogP contribution < -0.4 is 5.73 Å². The summed E-state index contributed by atoms with van der Waals surface area (Å²) in [6.45, 7) is 6.39. The molecule has 0 spiro atoms. The third-order valence-electron chi connectivity index (χ3n) is 3.06. The molecule has 18 heavy (non-hydrogen) atoms. The van der Waals surface area contributed by atoms with Crippen molar-refractivity contribution in [3.05, 3.63) is 48.8 Å². The van der Waals surface area contributed by atoms with Gasteiger partial charge in [-0.1, -0.05) is 31.2 Å². The maximum atomic E-state index is 5.77. The topological polar surface area (TPSA) is 69.6 Å². The maximum Gasteiger partial charge on any atom is 0.157 e. The van der Waals surface area contributed by atoms with E-state index in [-0.39, 0.29) is 5.41 Å². The van der Waals surface area contributed by atoms with Crippen LogP contribution in [-0.4, -0.2) is 26.8 Å². The molecule has 1 aromatic carbocycles. The molecule has 0 bridgehead atoms. The largest absolute Gasteiger partial charge is 0.330 e. The molecule has 5 heteroatoms. The molecule has 0 aliphatic carbocycles. The molecule has 94 valence electrons. The molecule has 2 aromatic rings. The highest BCUT2D eigenvalue weighted by Crippen LogP contribution is 2.22. The van der Waals surface area contributed by atoms with E-state index in [1.165, 1.54) is 0 Å². The summed E-state index contributed by atoms with van der Waals surface area (Å²) < 4.78 is 1.73. The predicted octanol–water partition coefficient (Wildman–Crippen LogP) is 1.36. The van der Waals surface area contributed by atoms with Gasteiger partial charge in [0.15, 0.2) is 5.82 Å². The number of hydrogen-bond donors (Lipinski definition) is 1. The van der Waals surface area contributed by atoms with E-state index in [9.17, 15) is 0 Å². The number of aromatic nitrogens is 4. The Kier molecular flexibility index (Phi) is 3.53. The van der Waals surface area contributed by atoms with Gasteiger partial charge in [-0.2, -0.15) is 4.68 Å². The minimum absolute atomic E-state index is 0.193. The van der Waals surface area contributed by atoms with Crippen LogP contribution in [0.5, 0.6) is 0 Å². The summed E-state index contributed by atoms with van der Waals surface area (Å²) in [5.74, 6) is 0.786. The Hall–Kier alpha value is -2.01. The van der Waals surface area contributed by atoms with Crippen LogP contribution >= 0.6 is 0 Å². The minimum atomic E-state index is -0.193. The second-order valence-electron chi connectivity index (χ2n) is 4.58. The van der Waals surface area contributed by atoms with Crippen LogP contribution in [0.2, 0.25) is 0 Å². The van der Waals surface area contributed by atoms with Crippen LogP contribution in [0.25, 0.3) is 5.69 Å². The van der Waals surface area contributed by atoms with E-state index >= 15 is 0 Å². The molecule has 0 fully saturated rings. The Morgan fingerprint density at radius 3 is 2.72 bits per heavy atom. The van der Waals surface area contributed by atoms with Crippen molar-refractivity contribution in [2.24, 2.45) is 11.1 Å². The van der Waals surface area contributed by atoms with Gasteiger partial charge in [-0.3, -0.25) is 0 Å². The Bertz CT molecular complexity index is 519. The van der Waals surface area contributed by atoms with Crippen molar-refractivity contribution in [3.63, 3.8) is 0 Å². The fraction of sp³-hybridized carbons (Fsp3) is 0.308. The Morgan fingerprint density at radius 2 is 2.11 bits per heavy atom. The molecular weight excluding hydrogens is 226 g/mol. The Morgan fingerprint density at radius 1 is 1.39 bits per heavy atom. The lowest BCUT2D eigenvalue weighted by Crippen LogP contribution is -2.28. The van der Waals surface area contributed by atoms with Crippen LogP contribution in [0, 0.1) is 5.41 Å². The van der Waals surface area contributed by atoms with Crippen molar-refractivity contribution in [1.82, 2.24) is 20.2 Å². The Balaban J connectivity index is 2.32. The van der Waals surface area contributed by atoms with E-state index in [1.54, 1.807) is 4.68 Å². The van der Waals surface area contributed by atoms with E-state index in [2.05, 4.69) is 22.1 Å². The highest BCUT2D eigenvalue weighted by Gasteiger charge is 2.22. The highest BCUT2D eigenvalue weighted by molar-refractivity contribution is 5.30. The van der Waals surface area contributed by atoms with Crippen molar-refractivity contribution in [3.8, 4) is 5.69 Å². The van der Waals surface area contributed by atoms with E-state index in [0.29, 0.717) is 13.0 Å². The third-order valence-corrected chi connectivity index (χ3v) is 3.06. The van der Waals surface area contributed by atoms with Gasteiger partial charge in [0.25, 0.3) is 0 Å². The van der Waals surface area contributed by atoms with Crippen molar-refractivity contribution < 1.29 is 0 Å². The quantitative estimate of drug-likeness (QED) is 0.805. The van der Waals surface area contributed by atoms with Crippen LogP contribution in [-0.2, 0) is 6.42 Å². The molecule has 1 atom stereocenters. The number of tetrazole rings is 1. The second-order valence-corrected chi connectivity index (χ2v) is 4.58. The summed E-state index contributed by atoms with van der Waals surface area (Å²) in [5, 5.41) is 11.8. The molecule has 0 amide bonds. The lowest BCUT2D eigenvalue weighted by Gasteiger charge is -2.22. The van der Waals surface area contributed by atoms with Crippen molar-refractivity contribution in [1.29, 1.82) is 0 Å². The van der Waals surface area contributed by atoms with Crippen molar-refractivity contribution in [2.45, 2.75) is 13.3 Å². The van der Waals surface area contributed by atoms with Crippen LogP contribution in [0.15, 0.2) is 43.0 Å². The van der Waals surface area contributed by atoms with Gasteiger partial charge in [-0.15, -0.1) is 11.7 Å². The first-order valence-electron chi connectivity index (χ1n) is 5.85. The summed E-state index contributed by atoms with van der Waals surface area (Å²) in [4.78, 5) is 0. The second kappa shape index (κ2) is 5.10. The number of nitrogens with two attached hydrogens (primary N) is 1. The molecule has 1 unspecified atom stereocenters. The standard InChI is InChI=1S/C13H17N5/c1-3-13(2,10-14)9-12-15-16-17-18(12)11-7-5-4-6-8-11/h3-8H,1,9-10,14H2,2H3. The molecule has 0 saturated heterocycles. The van der Waals surface area contributed by atoms with Gasteiger partial charge in [-0.05, 0) is 22.6 Å². The first-order chi connectivity index (χ1) is 8.68. The maximum absolute atomic E-state index is 5.77. The number of rotatable bonds is 5. The first kappa shape index (κ1) is 12.4. The molecule has 5 nitrogen and oxygen atoms in total. The average molecular weight is 243 g/mol. The summed E-state index contributed by atoms with van der Waals surface area (Å²) >= 11 is 0. The van der Waals surface area contributed by atoms with E-state index in [1.807, 2.05) is 43.3 Å². The van der Waals surface area contributed by atoms with Crippen LogP contribution in [0.3, 0.4) is 0 Å². The van der Waals surface area contributed by atoms with E-state index in [4.69, 9.17) is 5.73 Å². The summed E-state index contributed by atoms with van der Waals surface area (Å²) in [6, 6.07) is 9.80. The van der Waals surface area contributed by atoms with Crippen molar-refractivity contribution >= 4 is 0 Å². The molecule has 0 saturated carbocycles. The zero-order valence-electron chi connectivity index (χ0n) is 10.5. The molecule has 0 aliphatic rings. The predicted molar refractivity (Wildman–Crippen MR) is 70.2 cm³/mol. The van der Waals surface area contributed by atoms with Crippen LogP contribution in [0.1, 0.15) is 12.7 Å². The van der Waals surface area contributed by atoms with Gasteiger partial charge in [0.2, 0.25) is 0 Å². The van der Waals surface area contributed by atoms with Crippen molar-refractivity contribution in [2.75, 3.05) is 6.54 Å². The van der Waals surface area contributed by atoms with Gasteiger partial charge in [-0.25, -0.2) is 0 Å². The van der Waals surface area contributed by atoms with Gasteiger partial charge >= 0.3 is 0 Å². The SMILES string of the molecule is C=CC(C)(CN)Cc1nnnn1-c1ccccc1. The smallest absolute Gasteiger partial charge is 0.157 e. The zero-order valence-corrected chi connectivity index (χ0v) is 10.5. The number of para-hydroxylation sites is 1. The fourth-order valence-electron chi connectivity index (χ4n) is 1.67. The number of nitrogens with zero attached hydrogens (tertiary/aromatic N) is 4. The van der Waals surface area contributed by atoms with Crippen LogP contribution in [0.4, 0.5) is 0 Å². The first-order valence-corrected chi connectivity index (χ1v) is 5.85. The lowest BCUT2D eigenvalue weighted by molar-refractivity contribution is 0.423. The molecule has 2 rings (SSSR count). The van der Waals surface area contributed by atoms with E-state index < -0.39 is 0 Å². The monoisotopic (exact) mass is 243 g/mol. The Labute approximate surface area is 106 Å². The molecular formula is C13H17N5. The van der Waals surface area contributed by atoms with Gasteiger partial charge in [0.05, 0.1) is 5.69 Å². The number of hydrogen-bond acceptors (Lipinski definition) is 4. The normalized spacial score (nSPS) is 14.1. The fourth-order valence-corrected chi connectivity index (χ4v) is 1.67. The molecule has 1 heterocycles. The summed E-state index contributed by atoms with van der Waals surface area (Å²) in [5.41, 5.74) is 6.53. The van der Waals surface area contributed by atoms with E-state index in [0.717, 1.165) is 11.5 Å². The summed E-state index contributed by atoms with van der Waals surface area (Å²) in [7, 11) is 0. The molecule has 0 radical (unpaired) electrons. The van der Waals surface area contributed by atoms with Gasteiger partial charge in [0.1, 0.15) is 0 Å². The summed E-state index contributed by atoms with van der Waals surface area (Å²) in [6.07, 6.45) is 2.52.